The zero-order chi connectivity index (χ0) is 11.6. The molecule has 0 atom stereocenters. The molecular formula is C7H7FN2O4S. The van der Waals surface area contributed by atoms with Gasteiger partial charge in [-0.25, -0.2) is 8.42 Å². The van der Waals surface area contributed by atoms with Gasteiger partial charge in [0.25, 0.3) is 0 Å². The molecule has 15 heavy (non-hydrogen) atoms. The van der Waals surface area contributed by atoms with E-state index < -0.39 is 32.1 Å². The summed E-state index contributed by atoms with van der Waals surface area (Å²) < 4.78 is 36.7. The number of sulfonamides is 1. The third-order valence-corrected chi connectivity index (χ3v) is 2.06. The summed E-state index contributed by atoms with van der Waals surface area (Å²) in [6.07, 6.45) is 0.825. The number of anilines is 1. The van der Waals surface area contributed by atoms with Crippen LogP contribution in [0.5, 0.6) is 0 Å². The quantitative estimate of drug-likeness (QED) is 0.626. The molecule has 1 aromatic carbocycles. The molecule has 1 N–H and O–H groups in total. The minimum absolute atomic E-state index is 0.438. The molecule has 0 fully saturated rings. The average Bonchev–Trinajstić information content (AvgIpc) is 2.05. The maximum atomic E-state index is 13.3. The Balaban J connectivity index is 3.22. The molecule has 1 rings (SSSR count). The van der Waals surface area contributed by atoms with E-state index in [-0.39, 0.29) is 0 Å². The van der Waals surface area contributed by atoms with Crippen LogP contribution < -0.4 is 4.72 Å². The van der Waals surface area contributed by atoms with Crippen LogP contribution in [0, 0.1) is 15.9 Å². The molecule has 0 heterocycles. The van der Waals surface area contributed by atoms with E-state index in [9.17, 15) is 22.9 Å². The third-order valence-electron chi connectivity index (χ3n) is 1.47. The first-order chi connectivity index (χ1) is 6.81. The Hall–Kier alpha value is -1.70. The molecule has 0 aliphatic carbocycles. The molecule has 0 aliphatic heterocycles. The molecule has 0 radical (unpaired) electrons. The van der Waals surface area contributed by atoms with E-state index in [1.807, 2.05) is 4.72 Å². The maximum Gasteiger partial charge on any atom is 0.306 e. The van der Waals surface area contributed by atoms with Crippen LogP contribution in [0.2, 0.25) is 0 Å². The van der Waals surface area contributed by atoms with E-state index in [1.54, 1.807) is 0 Å². The molecule has 6 nitrogen and oxygen atoms in total. The molecule has 0 unspecified atom stereocenters. The molecule has 0 saturated carbocycles. The fourth-order valence-electron chi connectivity index (χ4n) is 0.939. The van der Waals surface area contributed by atoms with Gasteiger partial charge in [0.2, 0.25) is 15.8 Å². The first kappa shape index (κ1) is 11.4. The number of hydrogen-bond acceptors (Lipinski definition) is 4. The van der Waals surface area contributed by atoms with E-state index in [1.165, 1.54) is 6.07 Å². The van der Waals surface area contributed by atoms with Gasteiger partial charge in [-0.1, -0.05) is 6.07 Å². The molecule has 0 amide bonds. The third kappa shape index (κ3) is 2.88. The predicted molar refractivity (Wildman–Crippen MR) is 51.5 cm³/mol. The zero-order valence-corrected chi connectivity index (χ0v) is 8.41. The van der Waals surface area contributed by atoms with E-state index in [0.717, 1.165) is 18.4 Å². The highest BCUT2D eigenvalue weighted by atomic mass is 32.2. The summed E-state index contributed by atoms with van der Waals surface area (Å²) in [5.41, 5.74) is -1.21. The highest BCUT2D eigenvalue weighted by molar-refractivity contribution is 7.92. The molecule has 1 aromatic rings. The second kappa shape index (κ2) is 3.81. The normalized spacial score (nSPS) is 11.1. The first-order valence-corrected chi connectivity index (χ1v) is 5.61. The fraction of sp³-hybridized carbons (Fsp3) is 0.143. The van der Waals surface area contributed by atoms with Crippen LogP contribution in [-0.2, 0) is 10.0 Å². The van der Waals surface area contributed by atoms with Crippen LogP contribution in [0.25, 0.3) is 0 Å². The Morgan fingerprint density at radius 2 is 2.07 bits per heavy atom. The lowest BCUT2D eigenvalue weighted by Gasteiger charge is -2.04. The van der Waals surface area contributed by atoms with Crippen LogP contribution >= 0.6 is 0 Å². The Morgan fingerprint density at radius 3 is 2.53 bits per heavy atom. The van der Waals surface area contributed by atoms with Crippen LogP contribution in [0.3, 0.4) is 0 Å². The van der Waals surface area contributed by atoms with Crippen molar-refractivity contribution in [3.05, 3.63) is 34.1 Å². The van der Waals surface area contributed by atoms with Gasteiger partial charge in [-0.3, -0.25) is 14.8 Å². The van der Waals surface area contributed by atoms with Gasteiger partial charge in [0, 0.05) is 6.07 Å². The number of nitro groups is 1. The molecule has 0 spiro atoms. The standard InChI is InChI=1S/C7H7FN2O4S/c1-15(13,14)9-5-3-2-4-6(7(5)8)10(11)12/h2-4,9H,1H3. The molecule has 0 bridgehead atoms. The second-order valence-electron chi connectivity index (χ2n) is 2.77. The summed E-state index contributed by atoms with van der Waals surface area (Å²) in [4.78, 5) is 9.40. The Kier molecular flexibility index (Phi) is 2.89. The number of rotatable bonds is 3. The minimum atomic E-state index is -3.65. The topological polar surface area (TPSA) is 89.3 Å². The lowest BCUT2D eigenvalue weighted by molar-refractivity contribution is -0.387. The lowest BCUT2D eigenvalue weighted by atomic mass is 10.3. The van der Waals surface area contributed by atoms with Gasteiger partial charge >= 0.3 is 5.69 Å². The minimum Gasteiger partial charge on any atom is -0.281 e. The van der Waals surface area contributed by atoms with Gasteiger partial charge in [0.05, 0.1) is 16.9 Å². The van der Waals surface area contributed by atoms with E-state index in [4.69, 9.17) is 0 Å². The molecular weight excluding hydrogens is 227 g/mol. The number of nitrogens with one attached hydrogen (secondary N) is 1. The van der Waals surface area contributed by atoms with Crippen LogP contribution in [0.1, 0.15) is 0 Å². The molecule has 0 aliphatic rings. The van der Waals surface area contributed by atoms with Crippen molar-refractivity contribution in [1.82, 2.24) is 0 Å². The van der Waals surface area contributed by atoms with Crippen LogP contribution in [0.4, 0.5) is 15.8 Å². The fourth-order valence-corrected chi connectivity index (χ4v) is 1.50. The van der Waals surface area contributed by atoms with Crippen LogP contribution in [-0.4, -0.2) is 19.6 Å². The van der Waals surface area contributed by atoms with Crippen molar-refractivity contribution in [3.63, 3.8) is 0 Å². The van der Waals surface area contributed by atoms with Crippen LogP contribution in [0.15, 0.2) is 18.2 Å². The lowest BCUT2D eigenvalue weighted by Crippen LogP contribution is -2.11. The van der Waals surface area contributed by atoms with E-state index in [2.05, 4.69) is 0 Å². The largest absolute Gasteiger partial charge is 0.306 e. The van der Waals surface area contributed by atoms with Crippen molar-refractivity contribution >= 4 is 21.4 Å². The highest BCUT2D eigenvalue weighted by Gasteiger charge is 2.18. The number of nitro benzene ring substituents is 1. The summed E-state index contributed by atoms with van der Waals surface area (Å²) in [5.74, 6) is -1.20. The van der Waals surface area contributed by atoms with Gasteiger partial charge in [-0.2, -0.15) is 4.39 Å². The monoisotopic (exact) mass is 234 g/mol. The molecule has 82 valence electrons. The van der Waals surface area contributed by atoms with Gasteiger partial charge < -0.3 is 0 Å². The second-order valence-corrected chi connectivity index (χ2v) is 4.52. The van der Waals surface area contributed by atoms with Crippen molar-refractivity contribution < 1.29 is 17.7 Å². The van der Waals surface area contributed by atoms with Crippen molar-refractivity contribution in [1.29, 1.82) is 0 Å². The van der Waals surface area contributed by atoms with Crippen molar-refractivity contribution in [2.75, 3.05) is 11.0 Å². The summed E-state index contributed by atoms with van der Waals surface area (Å²) in [5, 5.41) is 10.3. The summed E-state index contributed by atoms with van der Waals surface area (Å²) in [6.45, 7) is 0. The number of hydrogen-bond donors (Lipinski definition) is 1. The van der Waals surface area contributed by atoms with Gasteiger partial charge in [-0.15, -0.1) is 0 Å². The van der Waals surface area contributed by atoms with Gasteiger partial charge in [0.1, 0.15) is 0 Å². The smallest absolute Gasteiger partial charge is 0.281 e. The van der Waals surface area contributed by atoms with Crippen molar-refractivity contribution in [2.45, 2.75) is 0 Å². The molecule has 8 heteroatoms. The highest BCUT2D eigenvalue weighted by Crippen LogP contribution is 2.24. The summed E-state index contributed by atoms with van der Waals surface area (Å²) in [7, 11) is -3.65. The number of halogens is 1. The van der Waals surface area contributed by atoms with Gasteiger partial charge in [-0.05, 0) is 6.07 Å². The number of nitrogens with zero attached hydrogens (tertiary/aromatic N) is 1. The maximum absolute atomic E-state index is 13.3. The number of benzene rings is 1. The van der Waals surface area contributed by atoms with E-state index in [0.29, 0.717) is 0 Å². The first-order valence-electron chi connectivity index (χ1n) is 3.72. The Morgan fingerprint density at radius 1 is 1.47 bits per heavy atom. The summed E-state index contributed by atoms with van der Waals surface area (Å²) >= 11 is 0. The Labute approximate surface area is 84.9 Å². The SMILES string of the molecule is CS(=O)(=O)Nc1cccc([N+](=O)[O-])c1F. The van der Waals surface area contributed by atoms with Gasteiger partial charge in [0.15, 0.2) is 0 Å². The molecule has 0 aromatic heterocycles. The van der Waals surface area contributed by atoms with Crippen molar-refractivity contribution in [2.24, 2.45) is 0 Å². The predicted octanol–water partition coefficient (Wildman–Crippen LogP) is 1.11. The summed E-state index contributed by atoms with van der Waals surface area (Å²) in [6, 6.07) is 3.24. The zero-order valence-electron chi connectivity index (χ0n) is 7.60. The molecule has 0 saturated heterocycles. The average molecular weight is 234 g/mol. The Bertz CT molecular complexity index is 500. The van der Waals surface area contributed by atoms with E-state index >= 15 is 0 Å². The van der Waals surface area contributed by atoms with Crippen molar-refractivity contribution in [3.8, 4) is 0 Å².